The van der Waals surface area contributed by atoms with Gasteiger partial charge in [0, 0.05) is 0 Å². The molecule has 0 aliphatic carbocycles. The zero-order chi connectivity index (χ0) is 10.6. The molecule has 0 saturated heterocycles. The summed E-state index contributed by atoms with van der Waals surface area (Å²) in [5, 5.41) is 0. The van der Waals surface area contributed by atoms with E-state index in [1.165, 1.54) is 10.00 Å². The Labute approximate surface area is 97.2 Å². The minimum atomic E-state index is -1.63. The summed E-state index contributed by atoms with van der Waals surface area (Å²) in [6.45, 7) is 1.47. The fraction of sp³-hybridized carbons (Fsp3) is 0.300. The molecule has 0 aliphatic rings. The third kappa shape index (κ3) is 3.66. The molecule has 1 rings (SSSR count). The first-order valence-corrected chi connectivity index (χ1v) is 9.48. The summed E-state index contributed by atoms with van der Waals surface area (Å²) in [4.78, 5) is 12.7. The topological polar surface area (TPSA) is 29.5 Å². The summed E-state index contributed by atoms with van der Waals surface area (Å²) in [5.74, 6) is -0.151. The molecule has 0 radical (unpaired) electrons. The van der Waals surface area contributed by atoms with E-state index in [2.05, 4.69) is 6.07 Å². The number of hydrogen-bond donors (Lipinski definition) is 0. The molecular weight excluding hydrogens is 367 g/mol. The predicted octanol–water partition coefficient (Wildman–Crippen LogP) is 0.939. The number of carbonyl (C=O) groups excluding carboxylic acids is 1. The van der Waals surface area contributed by atoms with Crippen molar-refractivity contribution in [2.24, 2.45) is 0 Å². The third-order valence-corrected chi connectivity index (χ3v) is 7.02. The quantitative estimate of drug-likeness (QED) is 0.732. The van der Waals surface area contributed by atoms with Gasteiger partial charge in [-0.1, -0.05) is 0 Å². The van der Waals surface area contributed by atoms with Gasteiger partial charge in [0.25, 0.3) is 0 Å². The SMILES string of the molecule is CC(=O)[O][Hg][c]1cccc(N(C)C)c1. The Morgan fingerprint density at radius 2 is 2.14 bits per heavy atom. The van der Waals surface area contributed by atoms with Gasteiger partial charge in [0.2, 0.25) is 0 Å². The minimum absolute atomic E-state index is 0.151. The van der Waals surface area contributed by atoms with Gasteiger partial charge in [-0.2, -0.15) is 0 Å². The molecule has 0 aliphatic heterocycles. The number of rotatable bonds is 3. The Bertz CT molecular complexity index is 326. The van der Waals surface area contributed by atoms with Crippen LogP contribution in [0.4, 0.5) is 5.69 Å². The van der Waals surface area contributed by atoms with Crippen molar-refractivity contribution in [3.8, 4) is 0 Å². The Balaban J connectivity index is 2.68. The van der Waals surface area contributed by atoms with Gasteiger partial charge in [0.1, 0.15) is 0 Å². The zero-order valence-corrected chi connectivity index (χ0v) is 14.3. The van der Waals surface area contributed by atoms with E-state index in [9.17, 15) is 4.79 Å². The molecule has 1 aromatic carbocycles. The molecule has 0 bridgehead atoms. The van der Waals surface area contributed by atoms with Crippen molar-refractivity contribution in [3.05, 3.63) is 24.3 Å². The van der Waals surface area contributed by atoms with E-state index in [0.717, 1.165) is 5.69 Å². The van der Waals surface area contributed by atoms with Crippen LogP contribution in [0.25, 0.3) is 0 Å². The molecule has 3 nitrogen and oxygen atoms in total. The molecule has 0 atom stereocenters. The van der Waals surface area contributed by atoms with Gasteiger partial charge in [-0.25, -0.2) is 0 Å². The van der Waals surface area contributed by atoms with Gasteiger partial charge < -0.3 is 0 Å². The van der Waals surface area contributed by atoms with Crippen molar-refractivity contribution in [1.29, 1.82) is 0 Å². The van der Waals surface area contributed by atoms with E-state index >= 15 is 0 Å². The van der Waals surface area contributed by atoms with Gasteiger partial charge >= 0.3 is 97.4 Å². The van der Waals surface area contributed by atoms with Crippen molar-refractivity contribution in [1.82, 2.24) is 0 Å². The van der Waals surface area contributed by atoms with Crippen molar-refractivity contribution in [2.45, 2.75) is 6.92 Å². The normalized spacial score (nSPS) is 9.07. The van der Waals surface area contributed by atoms with Crippen LogP contribution in [0.3, 0.4) is 0 Å². The van der Waals surface area contributed by atoms with Gasteiger partial charge in [0.05, 0.1) is 0 Å². The molecule has 0 unspecified atom stereocenters. The van der Waals surface area contributed by atoms with Gasteiger partial charge in [-0.05, 0) is 0 Å². The van der Waals surface area contributed by atoms with E-state index in [-0.39, 0.29) is 5.97 Å². The number of carbonyl (C=O) groups is 1. The van der Waals surface area contributed by atoms with Crippen LogP contribution in [-0.2, 0) is 32.5 Å². The fourth-order valence-corrected chi connectivity index (χ4v) is 4.59. The molecule has 0 N–H and O–H groups in total. The predicted molar refractivity (Wildman–Crippen MR) is 52.2 cm³/mol. The number of anilines is 1. The summed E-state index contributed by atoms with van der Waals surface area (Å²) in [6.07, 6.45) is 0. The summed E-state index contributed by atoms with van der Waals surface area (Å²) in [6, 6.07) is 8.20. The van der Waals surface area contributed by atoms with Crippen LogP contribution < -0.4 is 7.97 Å². The average molecular weight is 380 g/mol. The monoisotopic (exact) mass is 381 g/mol. The Kier molecular flexibility index (Phi) is 4.39. The molecule has 0 amide bonds. The number of benzene rings is 1. The zero-order valence-electron chi connectivity index (χ0n) is 8.78. The maximum absolute atomic E-state index is 10.7. The summed E-state index contributed by atoms with van der Waals surface area (Å²) in [7, 11) is 4.00. The van der Waals surface area contributed by atoms with E-state index in [4.69, 9.17) is 2.64 Å². The second-order valence-corrected chi connectivity index (χ2v) is 8.76. The number of hydrogen-bond acceptors (Lipinski definition) is 3. The molecule has 0 aromatic heterocycles. The molecule has 4 heteroatoms. The molecule has 0 spiro atoms. The van der Waals surface area contributed by atoms with Gasteiger partial charge in [0.15, 0.2) is 0 Å². The number of nitrogens with zero attached hydrogens (tertiary/aromatic N) is 1. The van der Waals surface area contributed by atoms with Crippen molar-refractivity contribution < 1.29 is 32.5 Å². The second kappa shape index (κ2) is 5.34. The Morgan fingerprint density at radius 3 is 2.71 bits per heavy atom. The van der Waals surface area contributed by atoms with Crippen LogP contribution in [-0.4, -0.2) is 20.1 Å². The van der Waals surface area contributed by atoms with Gasteiger partial charge in [-0.3, -0.25) is 0 Å². The van der Waals surface area contributed by atoms with E-state index < -0.39 is 25.0 Å². The van der Waals surface area contributed by atoms with Gasteiger partial charge in [-0.15, -0.1) is 0 Å². The summed E-state index contributed by atoms with van der Waals surface area (Å²) < 4.78 is 6.36. The fourth-order valence-electron chi connectivity index (χ4n) is 1.11. The van der Waals surface area contributed by atoms with E-state index in [1.54, 1.807) is 0 Å². The molecule has 0 fully saturated rings. The first-order valence-electron chi connectivity index (χ1n) is 4.49. The van der Waals surface area contributed by atoms with Crippen LogP contribution in [0.15, 0.2) is 24.3 Å². The van der Waals surface area contributed by atoms with Crippen LogP contribution in [0.5, 0.6) is 0 Å². The summed E-state index contributed by atoms with van der Waals surface area (Å²) in [5.41, 5.74) is 1.16. The van der Waals surface area contributed by atoms with Crippen molar-refractivity contribution >= 4 is 14.7 Å². The third-order valence-electron chi connectivity index (χ3n) is 1.87. The molecule has 14 heavy (non-hydrogen) atoms. The van der Waals surface area contributed by atoms with E-state index in [1.807, 2.05) is 37.2 Å². The second-order valence-electron chi connectivity index (χ2n) is 3.34. The molecule has 0 heterocycles. The van der Waals surface area contributed by atoms with E-state index in [0.29, 0.717) is 0 Å². The Hall–Kier alpha value is -0.575. The van der Waals surface area contributed by atoms with Crippen molar-refractivity contribution in [2.75, 3.05) is 19.0 Å². The van der Waals surface area contributed by atoms with Crippen LogP contribution in [0, 0.1) is 0 Å². The standard InChI is InChI=1S/C8H10N.C2H4O2.Hg/c1-9(2)8-6-4-3-5-7-8;1-2(3)4;/h3-4,6-7H,1-2H3;1H3,(H,3,4);/q;;+1/p-1. The van der Waals surface area contributed by atoms with Crippen LogP contribution in [0.2, 0.25) is 0 Å². The molecule has 72 valence electrons. The van der Waals surface area contributed by atoms with Crippen LogP contribution in [0.1, 0.15) is 6.92 Å². The van der Waals surface area contributed by atoms with Crippen LogP contribution >= 0.6 is 0 Å². The first kappa shape index (κ1) is 11.5. The first-order chi connectivity index (χ1) is 6.59. The van der Waals surface area contributed by atoms with Crippen molar-refractivity contribution in [3.63, 3.8) is 0 Å². The molecular formula is C10H13HgNO2. The summed E-state index contributed by atoms with van der Waals surface area (Å²) >= 11 is -1.63. The molecule has 1 aromatic rings. The molecule has 0 saturated carbocycles. The average Bonchev–Trinajstić information content (AvgIpc) is 2.15. The maximum atomic E-state index is 10.7. The Morgan fingerprint density at radius 1 is 1.43 bits per heavy atom.